The highest BCUT2D eigenvalue weighted by molar-refractivity contribution is 5.33. The van der Waals surface area contributed by atoms with Crippen molar-refractivity contribution in [2.45, 2.75) is 0 Å². The van der Waals surface area contributed by atoms with Gasteiger partial charge < -0.3 is 9.13 Å². The lowest BCUT2D eigenvalue weighted by Crippen LogP contribution is -1.87. The topological polar surface area (TPSA) is 9.86 Å². The highest BCUT2D eigenvalue weighted by atomic mass is 14.9. The van der Waals surface area contributed by atoms with Crippen molar-refractivity contribution in [2.24, 2.45) is 0 Å². The van der Waals surface area contributed by atoms with E-state index < -0.39 is 0 Å². The quantitative estimate of drug-likeness (QED) is 0.646. The molecule has 1 aromatic carbocycles. The van der Waals surface area contributed by atoms with Crippen LogP contribution in [-0.2, 0) is 0 Å². The molecular weight excluding hydrogens is 244 g/mol. The molecule has 0 spiro atoms. The van der Waals surface area contributed by atoms with Gasteiger partial charge in [-0.1, -0.05) is 24.3 Å². The maximum absolute atomic E-state index is 2.10. The molecule has 0 aliphatic heterocycles. The van der Waals surface area contributed by atoms with E-state index in [4.69, 9.17) is 0 Å². The van der Waals surface area contributed by atoms with E-state index in [0.717, 1.165) is 11.4 Å². The molecule has 0 unspecified atom stereocenters. The first-order valence-electron chi connectivity index (χ1n) is 6.63. The fraction of sp³-hybridized carbons (Fsp3) is 0. The van der Waals surface area contributed by atoms with Gasteiger partial charge in [-0.15, -0.1) is 0 Å². The Balaban J connectivity index is 2.02. The summed E-state index contributed by atoms with van der Waals surface area (Å²) in [4.78, 5) is 0. The number of aromatic nitrogens is 2. The van der Waals surface area contributed by atoms with Crippen LogP contribution in [0.25, 0.3) is 11.4 Å². The predicted octanol–water partition coefficient (Wildman–Crippen LogP) is 4.39. The summed E-state index contributed by atoms with van der Waals surface area (Å²) in [6, 6.07) is 24.7. The molecule has 98 valence electrons. The summed E-state index contributed by atoms with van der Waals surface area (Å²) in [6.45, 7) is 0. The van der Waals surface area contributed by atoms with E-state index in [0.29, 0.717) is 0 Å². The first-order chi connectivity index (χ1) is 9.93. The Morgan fingerprint density at radius 3 is 1.00 bits per heavy atom. The van der Waals surface area contributed by atoms with Crippen LogP contribution >= 0.6 is 0 Å². The Bertz CT molecular complexity index is 617. The van der Waals surface area contributed by atoms with Gasteiger partial charge in [0.05, 0.1) is 0 Å². The minimum Gasteiger partial charge on any atom is -0.324 e. The van der Waals surface area contributed by atoms with Gasteiger partial charge in [0.1, 0.15) is 0 Å². The highest BCUT2D eigenvalue weighted by Crippen LogP contribution is 2.07. The van der Waals surface area contributed by atoms with Crippen LogP contribution in [-0.4, -0.2) is 9.13 Å². The van der Waals surface area contributed by atoms with Gasteiger partial charge >= 0.3 is 0 Å². The summed E-state index contributed by atoms with van der Waals surface area (Å²) >= 11 is 0. The summed E-state index contributed by atoms with van der Waals surface area (Å²) in [7, 11) is 0. The molecule has 0 N–H and O–H groups in total. The van der Waals surface area contributed by atoms with Crippen molar-refractivity contribution in [3.05, 3.63) is 97.6 Å². The van der Waals surface area contributed by atoms with Crippen molar-refractivity contribution in [2.75, 3.05) is 0 Å². The van der Waals surface area contributed by atoms with Gasteiger partial charge in [0.15, 0.2) is 0 Å². The molecular formula is C18H16N2. The third-order valence-electron chi connectivity index (χ3n) is 3.10. The van der Waals surface area contributed by atoms with Crippen molar-refractivity contribution >= 4 is 0 Å². The third kappa shape index (κ3) is 2.81. The summed E-state index contributed by atoms with van der Waals surface area (Å²) < 4.78 is 4.18. The predicted molar refractivity (Wildman–Crippen MR) is 82.7 cm³/mol. The highest BCUT2D eigenvalue weighted by Gasteiger charge is 1.90. The molecule has 2 heterocycles. The molecule has 0 amide bonds. The minimum atomic E-state index is 1.13. The number of rotatable bonds is 2. The van der Waals surface area contributed by atoms with E-state index in [9.17, 15) is 0 Å². The molecule has 3 aromatic rings. The summed E-state index contributed by atoms with van der Waals surface area (Å²) in [6.07, 6.45) is 8.17. The first kappa shape index (κ1) is 12.3. The van der Waals surface area contributed by atoms with E-state index >= 15 is 0 Å². The lowest BCUT2D eigenvalue weighted by atomic mass is 10.3. The van der Waals surface area contributed by atoms with Crippen LogP contribution in [0.2, 0.25) is 0 Å². The molecule has 0 atom stereocenters. The van der Waals surface area contributed by atoms with E-state index in [2.05, 4.69) is 57.7 Å². The van der Waals surface area contributed by atoms with Crippen molar-refractivity contribution in [1.82, 2.24) is 9.13 Å². The normalized spacial score (nSPS) is 10.0. The van der Waals surface area contributed by atoms with Crippen LogP contribution in [0.3, 0.4) is 0 Å². The monoisotopic (exact) mass is 260 g/mol. The molecule has 20 heavy (non-hydrogen) atoms. The molecule has 0 aliphatic carbocycles. The Morgan fingerprint density at radius 1 is 0.400 bits per heavy atom. The Hall–Kier alpha value is -2.74. The fourth-order valence-electron chi connectivity index (χ4n) is 2.09. The number of nitrogens with zero attached hydrogens (tertiary/aromatic N) is 2. The molecule has 0 bridgehead atoms. The van der Waals surface area contributed by atoms with Gasteiger partial charge in [-0.3, -0.25) is 0 Å². The van der Waals surface area contributed by atoms with Crippen LogP contribution in [0.15, 0.2) is 97.6 Å². The molecule has 2 heteroatoms. The van der Waals surface area contributed by atoms with Gasteiger partial charge in [0.2, 0.25) is 0 Å². The second-order valence-electron chi connectivity index (χ2n) is 4.47. The molecule has 2 nitrogen and oxygen atoms in total. The standard InChI is InChI=1S/C18H16N2/c1-2-10-18(20-15-7-8-16-20)12-4-3-11-17(9-1)19-13-5-6-14-19/h1-16H. The van der Waals surface area contributed by atoms with Crippen LogP contribution in [0, 0.1) is 0 Å². The van der Waals surface area contributed by atoms with E-state index in [1.54, 1.807) is 0 Å². The zero-order valence-corrected chi connectivity index (χ0v) is 11.1. The maximum atomic E-state index is 2.10. The third-order valence-corrected chi connectivity index (χ3v) is 3.10. The summed E-state index contributed by atoms with van der Waals surface area (Å²) in [5, 5.41) is 0. The second-order valence-corrected chi connectivity index (χ2v) is 4.47. The van der Waals surface area contributed by atoms with E-state index in [1.807, 2.05) is 49.1 Å². The maximum Gasteiger partial charge on any atom is 0.0449 e. The molecule has 0 fully saturated rings. The number of hydrogen-bond acceptors (Lipinski definition) is 0. The average Bonchev–Trinajstić information content (AvgIpc) is 3.17. The largest absolute Gasteiger partial charge is 0.324 e. The lowest BCUT2D eigenvalue weighted by Gasteiger charge is -2.00. The van der Waals surface area contributed by atoms with Gasteiger partial charge in [0, 0.05) is 36.2 Å². The molecule has 0 aliphatic rings. The smallest absolute Gasteiger partial charge is 0.0449 e. The van der Waals surface area contributed by atoms with Crippen molar-refractivity contribution in [3.8, 4) is 11.4 Å². The lowest BCUT2D eigenvalue weighted by molar-refractivity contribution is 1.08. The average molecular weight is 260 g/mol. The zero-order valence-electron chi connectivity index (χ0n) is 11.1. The van der Waals surface area contributed by atoms with Crippen LogP contribution in [0.5, 0.6) is 0 Å². The van der Waals surface area contributed by atoms with E-state index in [1.165, 1.54) is 0 Å². The SMILES string of the molecule is c1ccc(-n2cccc2)ccccc(-n2cccc2)c1. The summed E-state index contributed by atoms with van der Waals surface area (Å²) in [5.74, 6) is 0. The van der Waals surface area contributed by atoms with Gasteiger partial charge in [-0.25, -0.2) is 0 Å². The second kappa shape index (κ2) is 5.93. The van der Waals surface area contributed by atoms with Crippen LogP contribution in [0.1, 0.15) is 0 Å². The van der Waals surface area contributed by atoms with Crippen molar-refractivity contribution in [1.29, 1.82) is 0 Å². The fourth-order valence-corrected chi connectivity index (χ4v) is 2.09. The molecule has 0 radical (unpaired) electrons. The van der Waals surface area contributed by atoms with Crippen molar-refractivity contribution < 1.29 is 0 Å². The Labute approximate surface area is 118 Å². The van der Waals surface area contributed by atoms with Gasteiger partial charge in [-0.05, 0) is 48.5 Å². The van der Waals surface area contributed by atoms with Crippen LogP contribution in [0.4, 0.5) is 0 Å². The zero-order chi connectivity index (χ0) is 13.6. The number of hydrogen-bond donors (Lipinski definition) is 0. The summed E-state index contributed by atoms with van der Waals surface area (Å²) in [5.41, 5.74) is 2.27. The minimum absolute atomic E-state index is 1.13. The molecule has 2 aromatic heterocycles. The Morgan fingerprint density at radius 2 is 0.700 bits per heavy atom. The molecule has 0 saturated heterocycles. The molecule has 3 rings (SSSR count). The van der Waals surface area contributed by atoms with Crippen molar-refractivity contribution in [3.63, 3.8) is 0 Å². The van der Waals surface area contributed by atoms with E-state index in [-0.39, 0.29) is 0 Å². The van der Waals surface area contributed by atoms with Gasteiger partial charge in [0.25, 0.3) is 0 Å². The first-order valence-corrected chi connectivity index (χ1v) is 6.63. The van der Waals surface area contributed by atoms with Gasteiger partial charge in [-0.2, -0.15) is 0 Å². The van der Waals surface area contributed by atoms with Crippen LogP contribution < -0.4 is 0 Å². The Kier molecular flexibility index (Phi) is 3.65. The molecule has 0 saturated carbocycles.